The average molecular weight is 332 g/mol. The topological polar surface area (TPSA) is 50.8 Å². The number of nitrogens with one attached hydrogen (secondary N) is 1. The third-order valence-electron chi connectivity index (χ3n) is 5.25. The predicted octanol–water partition coefficient (Wildman–Crippen LogP) is 2.32. The summed E-state index contributed by atoms with van der Waals surface area (Å²) in [6, 6.07) is 7.53. The number of benzene rings is 1. The summed E-state index contributed by atoms with van der Waals surface area (Å²) in [5.74, 6) is 0.743. The summed E-state index contributed by atoms with van der Waals surface area (Å²) in [6.07, 6.45) is 3.43. The summed E-state index contributed by atoms with van der Waals surface area (Å²) < 4.78 is 11.1. The summed E-state index contributed by atoms with van der Waals surface area (Å²) in [6.45, 7) is 7.54. The Hall–Kier alpha value is -1.59. The van der Waals surface area contributed by atoms with Crippen molar-refractivity contribution >= 4 is 5.91 Å². The van der Waals surface area contributed by atoms with Gasteiger partial charge in [0.15, 0.2) is 0 Å². The number of ether oxygens (including phenoxy) is 2. The van der Waals surface area contributed by atoms with Crippen LogP contribution in [0.25, 0.3) is 0 Å². The summed E-state index contributed by atoms with van der Waals surface area (Å²) >= 11 is 0. The molecule has 5 nitrogen and oxygen atoms in total. The lowest BCUT2D eigenvalue weighted by atomic mass is 9.78. The number of amides is 1. The van der Waals surface area contributed by atoms with Crippen molar-refractivity contribution in [3.05, 3.63) is 29.8 Å². The zero-order valence-electron chi connectivity index (χ0n) is 14.6. The Balaban J connectivity index is 1.60. The second-order valence-corrected chi connectivity index (χ2v) is 6.76. The maximum absolute atomic E-state index is 12.9. The molecule has 1 aromatic carbocycles. The second-order valence-electron chi connectivity index (χ2n) is 6.76. The van der Waals surface area contributed by atoms with E-state index in [1.54, 1.807) is 0 Å². The first-order valence-corrected chi connectivity index (χ1v) is 9.04. The zero-order valence-corrected chi connectivity index (χ0v) is 14.6. The zero-order chi connectivity index (χ0) is 16.8. The fourth-order valence-corrected chi connectivity index (χ4v) is 3.70. The van der Waals surface area contributed by atoms with Crippen molar-refractivity contribution in [2.24, 2.45) is 5.41 Å². The highest BCUT2D eigenvalue weighted by atomic mass is 16.5. The first-order chi connectivity index (χ1) is 11.7. The van der Waals surface area contributed by atoms with Crippen molar-refractivity contribution in [1.82, 2.24) is 10.2 Å². The molecule has 0 aromatic heterocycles. The molecule has 2 saturated heterocycles. The fourth-order valence-electron chi connectivity index (χ4n) is 3.70. The lowest BCUT2D eigenvalue weighted by molar-refractivity contribution is 0.0600. The number of likely N-dealkylation sites (tertiary alicyclic amines) is 1. The molecule has 1 aromatic rings. The SMILES string of the molecule is CCOCCOc1ccccc1C(=O)N1CCC2(CCNC2)CC1. The molecular formula is C19H28N2O3. The quantitative estimate of drug-likeness (QED) is 0.812. The van der Waals surface area contributed by atoms with Crippen LogP contribution in [-0.2, 0) is 4.74 Å². The molecule has 132 valence electrons. The highest BCUT2D eigenvalue weighted by Gasteiger charge is 2.38. The summed E-state index contributed by atoms with van der Waals surface area (Å²) in [7, 11) is 0. The maximum atomic E-state index is 12.9. The summed E-state index contributed by atoms with van der Waals surface area (Å²) in [5, 5.41) is 3.47. The van der Waals surface area contributed by atoms with E-state index in [-0.39, 0.29) is 5.91 Å². The molecule has 2 heterocycles. The van der Waals surface area contributed by atoms with Crippen LogP contribution in [0.5, 0.6) is 5.75 Å². The fraction of sp³-hybridized carbons (Fsp3) is 0.632. The smallest absolute Gasteiger partial charge is 0.257 e. The number of carbonyl (C=O) groups is 1. The van der Waals surface area contributed by atoms with Gasteiger partial charge in [0.05, 0.1) is 12.2 Å². The molecule has 1 amide bonds. The Kier molecular flexibility index (Phi) is 5.74. The van der Waals surface area contributed by atoms with E-state index in [1.807, 2.05) is 36.1 Å². The van der Waals surface area contributed by atoms with Gasteiger partial charge in [-0.3, -0.25) is 4.79 Å². The molecule has 0 unspecified atom stereocenters. The van der Waals surface area contributed by atoms with Gasteiger partial charge in [-0.1, -0.05) is 12.1 Å². The van der Waals surface area contributed by atoms with Gasteiger partial charge < -0.3 is 19.7 Å². The van der Waals surface area contributed by atoms with Crippen LogP contribution in [0.3, 0.4) is 0 Å². The van der Waals surface area contributed by atoms with Crippen LogP contribution in [0, 0.1) is 5.41 Å². The van der Waals surface area contributed by atoms with E-state index >= 15 is 0 Å². The van der Waals surface area contributed by atoms with Crippen molar-refractivity contribution in [2.45, 2.75) is 26.2 Å². The van der Waals surface area contributed by atoms with Gasteiger partial charge in [0, 0.05) is 26.2 Å². The normalized spacial score (nSPS) is 19.6. The van der Waals surface area contributed by atoms with Gasteiger partial charge in [-0.2, -0.15) is 0 Å². The Labute approximate surface area is 144 Å². The maximum Gasteiger partial charge on any atom is 0.257 e. The first-order valence-electron chi connectivity index (χ1n) is 9.04. The minimum Gasteiger partial charge on any atom is -0.490 e. The number of hydrogen-bond acceptors (Lipinski definition) is 4. The van der Waals surface area contributed by atoms with Gasteiger partial charge in [-0.15, -0.1) is 0 Å². The van der Waals surface area contributed by atoms with Crippen LogP contribution < -0.4 is 10.1 Å². The Morgan fingerprint density at radius 1 is 1.21 bits per heavy atom. The van der Waals surface area contributed by atoms with E-state index in [9.17, 15) is 4.79 Å². The van der Waals surface area contributed by atoms with Crippen LogP contribution in [0.15, 0.2) is 24.3 Å². The first kappa shape index (κ1) is 17.2. The predicted molar refractivity (Wildman–Crippen MR) is 93.5 cm³/mol. The molecule has 2 fully saturated rings. The standard InChI is InChI=1S/C19H28N2O3/c1-2-23-13-14-24-17-6-4-3-5-16(17)18(22)21-11-8-19(9-12-21)7-10-20-15-19/h3-6,20H,2,7-15H2,1H3. The largest absolute Gasteiger partial charge is 0.490 e. The second kappa shape index (κ2) is 7.99. The molecule has 0 aliphatic carbocycles. The molecule has 0 radical (unpaired) electrons. The van der Waals surface area contributed by atoms with Crippen LogP contribution in [0.4, 0.5) is 0 Å². The lowest BCUT2D eigenvalue weighted by Gasteiger charge is -2.39. The minimum absolute atomic E-state index is 0.0859. The number of carbonyl (C=O) groups excluding carboxylic acids is 1. The van der Waals surface area contributed by atoms with E-state index < -0.39 is 0 Å². The Morgan fingerprint density at radius 3 is 2.71 bits per heavy atom. The van der Waals surface area contributed by atoms with E-state index in [4.69, 9.17) is 9.47 Å². The van der Waals surface area contributed by atoms with Gasteiger partial charge in [0.2, 0.25) is 0 Å². The number of hydrogen-bond donors (Lipinski definition) is 1. The number of rotatable bonds is 6. The molecule has 0 saturated carbocycles. The van der Waals surface area contributed by atoms with Crippen LogP contribution >= 0.6 is 0 Å². The lowest BCUT2D eigenvalue weighted by Crippen LogP contribution is -2.44. The van der Waals surface area contributed by atoms with E-state index in [0.29, 0.717) is 36.5 Å². The monoisotopic (exact) mass is 332 g/mol. The molecule has 2 aliphatic rings. The number of nitrogens with zero attached hydrogens (tertiary/aromatic N) is 1. The van der Waals surface area contributed by atoms with Crippen molar-refractivity contribution in [1.29, 1.82) is 0 Å². The van der Waals surface area contributed by atoms with E-state index in [0.717, 1.165) is 39.0 Å². The van der Waals surface area contributed by atoms with E-state index in [2.05, 4.69) is 5.32 Å². The number of piperidine rings is 1. The Bertz CT molecular complexity index is 545. The number of para-hydroxylation sites is 1. The van der Waals surface area contributed by atoms with Gasteiger partial charge in [-0.05, 0) is 50.3 Å². The van der Waals surface area contributed by atoms with Crippen LogP contribution in [-0.4, -0.2) is 56.8 Å². The molecule has 5 heteroatoms. The highest BCUT2D eigenvalue weighted by Crippen LogP contribution is 2.37. The van der Waals surface area contributed by atoms with Crippen molar-refractivity contribution < 1.29 is 14.3 Å². The molecule has 0 atom stereocenters. The van der Waals surface area contributed by atoms with Gasteiger partial charge in [0.1, 0.15) is 12.4 Å². The van der Waals surface area contributed by atoms with Crippen molar-refractivity contribution in [2.75, 3.05) is 46.0 Å². The minimum atomic E-state index is 0.0859. The molecular weight excluding hydrogens is 304 g/mol. The van der Waals surface area contributed by atoms with Crippen LogP contribution in [0.2, 0.25) is 0 Å². The highest BCUT2D eigenvalue weighted by molar-refractivity contribution is 5.97. The molecule has 1 N–H and O–H groups in total. The van der Waals surface area contributed by atoms with Crippen molar-refractivity contribution in [3.63, 3.8) is 0 Å². The Morgan fingerprint density at radius 2 is 2.00 bits per heavy atom. The molecule has 1 spiro atoms. The summed E-state index contributed by atoms with van der Waals surface area (Å²) in [5.41, 5.74) is 1.08. The van der Waals surface area contributed by atoms with Crippen molar-refractivity contribution in [3.8, 4) is 5.75 Å². The molecule has 0 bridgehead atoms. The summed E-state index contributed by atoms with van der Waals surface area (Å²) in [4.78, 5) is 14.9. The van der Waals surface area contributed by atoms with Gasteiger partial charge >= 0.3 is 0 Å². The third-order valence-corrected chi connectivity index (χ3v) is 5.25. The van der Waals surface area contributed by atoms with Gasteiger partial charge in [0.25, 0.3) is 5.91 Å². The average Bonchev–Trinajstić information content (AvgIpc) is 3.07. The van der Waals surface area contributed by atoms with Crippen LogP contribution in [0.1, 0.15) is 36.5 Å². The van der Waals surface area contributed by atoms with E-state index in [1.165, 1.54) is 6.42 Å². The molecule has 24 heavy (non-hydrogen) atoms. The third kappa shape index (κ3) is 3.90. The molecule has 3 rings (SSSR count). The molecule has 2 aliphatic heterocycles. The van der Waals surface area contributed by atoms with Gasteiger partial charge in [-0.25, -0.2) is 0 Å².